The lowest BCUT2D eigenvalue weighted by Gasteiger charge is -2.16. The predicted molar refractivity (Wildman–Crippen MR) is 102 cm³/mol. The van der Waals surface area contributed by atoms with Crippen molar-refractivity contribution in [3.05, 3.63) is 35.4 Å². The Morgan fingerprint density at radius 1 is 0.828 bits per heavy atom. The fraction of sp³-hybridized carbons (Fsp3) is 0.474. The number of esters is 2. The first-order valence-corrected chi connectivity index (χ1v) is 8.40. The number of carboxylic acids is 2. The minimum Gasteiger partial charge on any atom is -0.481 e. The summed E-state index contributed by atoms with van der Waals surface area (Å²) in [6.45, 7) is 2.77. The molecular formula is C19H28O10. The van der Waals surface area contributed by atoms with Gasteiger partial charge in [-0.15, -0.1) is 0 Å². The molecule has 0 bridgehead atoms. The van der Waals surface area contributed by atoms with Gasteiger partial charge in [-0.2, -0.15) is 0 Å². The molecule has 1 aromatic carbocycles. The zero-order valence-electron chi connectivity index (χ0n) is 16.9. The molecule has 0 aliphatic carbocycles. The quantitative estimate of drug-likeness (QED) is 0.474. The number of ether oxygens (including phenoxy) is 2. The average molecular weight is 416 g/mol. The maximum absolute atomic E-state index is 11.0. The maximum atomic E-state index is 11.0. The van der Waals surface area contributed by atoms with Gasteiger partial charge in [0.2, 0.25) is 0 Å². The Hall–Kier alpha value is -2.98. The Labute approximate surface area is 168 Å². The van der Waals surface area contributed by atoms with Crippen molar-refractivity contribution in [3.63, 3.8) is 0 Å². The number of benzene rings is 1. The molecule has 0 spiro atoms. The Bertz CT molecular complexity index is 612. The number of rotatable bonds is 7. The molecule has 0 amide bonds. The Morgan fingerprint density at radius 3 is 1.38 bits per heavy atom. The molecule has 0 unspecified atom stereocenters. The molecule has 164 valence electrons. The molecule has 0 atom stereocenters. The molecule has 0 aliphatic heterocycles. The zero-order valence-corrected chi connectivity index (χ0v) is 16.9. The van der Waals surface area contributed by atoms with Crippen LogP contribution < -0.4 is 0 Å². The van der Waals surface area contributed by atoms with Gasteiger partial charge in [-0.3, -0.25) is 9.59 Å². The van der Waals surface area contributed by atoms with E-state index in [1.165, 1.54) is 52.3 Å². The molecule has 4 N–H and O–H groups in total. The SMILES string of the molecule is CC(C)(CCC(=O)O)C(=O)O.COC(=O)c1ccc(C(=O)OC)cc1.OCCO. The number of carbonyl (C=O) groups excluding carboxylic acids is 2. The van der Waals surface area contributed by atoms with Crippen molar-refractivity contribution < 1.29 is 49.1 Å². The highest BCUT2D eigenvalue weighted by molar-refractivity contribution is 5.93. The summed E-state index contributed by atoms with van der Waals surface area (Å²) in [7, 11) is 2.60. The molecule has 0 heterocycles. The lowest BCUT2D eigenvalue weighted by Crippen LogP contribution is -2.24. The van der Waals surface area contributed by atoms with E-state index in [-0.39, 0.29) is 26.1 Å². The third kappa shape index (κ3) is 12.9. The number of carbonyl (C=O) groups is 4. The van der Waals surface area contributed by atoms with Crippen LogP contribution in [0.5, 0.6) is 0 Å². The summed E-state index contributed by atoms with van der Waals surface area (Å²) in [6, 6.07) is 6.05. The van der Waals surface area contributed by atoms with Crippen molar-refractivity contribution in [3.8, 4) is 0 Å². The number of aliphatic hydroxyl groups excluding tert-OH is 2. The molecule has 0 radical (unpaired) electrons. The van der Waals surface area contributed by atoms with Gasteiger partial charge in [-0.1, -0.05) is 0 Å². The topological polar surface area (TPSA) is 168 Å². The van der Waals surface area contributed by atoms with Crippen LogP contribution >= 0.6 is 0 Å². The third-order valence-corrected chi connectivity index (χ3v) is 3.37. The number of aliphatic carboxylic acids is 2. The van der Waals surface area contributed by atoms with E-state index in [9.17, 15) is 19.2 Å². The minimum absolute atomic E-state index is 0.0979. The van der Waals surface area contributed by atoms with E-state index in [0.29, 0.717) is 11.1 Å². The number of hydrogen-bond donors (Lipinski definition) is 4. The summed E-state index contributed by atoms with van der Waals surface area (Å²) in [5.74, 6) is -2.78. The van der Waals surface area contributed by atoms with E-state index in [4.69, 9.17) is 20.4 Å². The second-order valence-corrected chi connectivity index (χ2v) is 6.09. The first kappa shape index (κ1) is 28.2. The largest absolute Gasteiger partial charge is 0.481 e. The lowest BCUT2D eigenvalue weighted by molar-refractivity contribution is -0.148. The van der Waals surface area contributed by atoms with Gasteiger partial charge in [-0.25, -0.2) is 9.59 Å². The number of aliphatic hydroxyl groups is 2. The van der Waals surface area contributed by atoms with E-state index < -0.39 is 29.3 Å². The van der Waals surface area contributed by atoms with Gasteiger partial charge in [0.25, 0.3) is 0 Å². The van der Waals surface area contributed by atoms with Crippen molar-refractivity contribution in [2.75, 3.05) is 27.4 Å². The van der Waals surface area contributed by atoms with E-state index in [1.54, 1.807) is 0 Å². The Balaban J connectivity index is 0. The molecule has 0 saturated heterocycles. The van der Waals surface area contributed by atoms with Gasteiger partial charge in [0, 0.05) is 6.42 Å². The maximum Gasteiger partial charge on any atom is 0.337 e. The van der Waals surface area contributed by atoms with Crippen LogP contribution in [0.25, 0.3) is 0 Å². The summed E-state index contributed by atoms with van der Waals surface area (Å²) >= 11 is 0. The standard InChI is InChI=1S/C10H10O4.C7H12O4.C2H6O2/c1-13-9(11)7-3-5-8(6-4-7)10(12)14-2;1-7(2,6(10)11)4-3-5(8)9;3-1-2-4/h3-6H,1-2H3;3-4H2,1-2H3,(H,8,9)(H,10,11);3-4H,1-2H2. The molecule has 10 nitrogen and oxygen atoms in total. The van der Waals surface area contributed by atoms with Crippen molar-refractivity contribution in [1.82, 2.24) is 0 Å². The fourth-order valence-corrected chi connectivity index (χ4v) is 1.50. The van der Waals surface area contributed by atoms with Gasteiger partial charge < -0.3 is 29.9 Å². The van der Waals surface area contributed by atoms with Crippen molar-refractivity contribution in [2.24, 2.45) is 5.41 Å². The van der Waals surface area contributed by atoms with Crippen molar-refractivity contribution in [1.29, 1.82) is 0 Å². The monoisotopic (exact) mass is 416 g/mol. The van der Waals surface area contributed by atoms with Gasteiger partial charge >= 0.3 is 23.9 Å². The van der Waals surface area contributed by atoms with Gasteiger partial charge in [0.15, 0.2) is 0 Å². The molecular weight excluding hydrogens is 388 g/mol. The fourth-order valence-electron chi connectivity index (χ4n) is 1.50. The van der Waals surface area contributed by atoms with E-state index >= 15 is 0 Å². The first-order valence-electron chi connectivity index (χ1n) is 8.40. The van der Waals surface area contributed by atoms with E-state index in [0.717, 1.165) is 0 Å². The highest BCUT2D eigenvalue weighted by Gasteiger charge is 2.27. The molecule has 29 heavy (non-hydrogen) atoms. The second kappa shape index (κ2) is 15.0. The molecule has 0 aliphatic rings. The van der Waals surface area contributed by atoms with Crippen LogP contribution in [0.2, 0.25) is 0 Å². The molecule has 10 heteroatoms. The highest BCUT2D eigenvalue weighted by atomic mass is 16.5. The molecule has 1 aromatic rings. The van der Waals surface area contributed by atoms with Crippen molar-refractivity contribution in [2.45, 2.75) is 26.7 Å². The predicted octanol–water partition coefficient (Wildman–Crippen LogP) is 1.19. The van der Waals surface area contributed by atoms with Gasteiger partial charge in [0.05, 0.1) is 44.0 Å². The summed E-state index contributed by atoms with van der Waals surface area (Å²) in [4.78, 5) is 42.6. The second-order valence-electron chi connectivity index (χ2n) is 6.09. The Morgan fingerprint density at radius 2 is 1.17 bits per heavy atom. The number of carboxylic acid groups (broad SMARTS) is 2. The van der Waals surface area contributed by atoms with Crippen LogP contribution in [0.15, 0.2) is 24.3 Å². The van der Waals surface area contributed by atoms with Gasteiger partial charge in [-0.05, 0) is 44.5 Å². The summed E-state index contributed by atoms with van der Waals surface area (Å²) in [6.07, 6.45) is 0.0664. The lowest BCUT2D eigenvalue weighted by atomic mass is 9.88. The van der Waals surface area contributed by atoms with Crippen LogP contribution in [-0.4, -0.2) is 71.7 Å². The third-order valence-electron chi connectivity index (χ3n) is 3.37. The van der Waals surface area contributed by atoms with Crippen LogP contribution in [0.3, 0.4) is 0 Å². The average Bonchev–Trinajstić information content (AvgIpc) is 2.71. The summed E-state index contributed by atoms with van der Waals surface area (Å²) in [5.41, 5.74) is -0.126. The van der Waals surface area contributed by atoms with Crippen LogP contribution in [0.4, 0.5) is 0 Å². The summed E-state index contributed by atoms with van der Waals surface area (Å²) < 4.78 is 9.02. The van der Waals surface area contributed by atoms with Crippen LogP contribution in [-0.2, 0) is 19.1 Å². The Kier molecular flexibility index (Phi) is 14.6. The van der Waals surface area contributed by atoms with Crippen LogP contribution in [0.1, 0.15) is 47.4 Å². The highest BCUT2D eigenvalue weighted by Crippen LogP contribution is 2.21. The van der Waals surface area contributed by atoms with Crippen molar-refractivity contribution >= 4 is 23.9 Å². The number of methoxy groups -OCH3 is 2. The number of hydrogen-bond acceptors (Lipinski definition) is 8. The van der Waals surface area contributed by atoms with E-state index in [2.05, 4.69) is 9.47 Å². The molecule has 0 aromatic heterocycles. The molecule has 0 saturated carbocycles. The first-order chi connectivity index (χ1) is 13.5. The van der Waals surface area contributed by atoms with Crippen LogP contribution in [0, 0.1) is 5.41 Å². The minimum atomic E-state index is -0.959. The van der Waals surface area contributed by atoms with Gasteiger partial charge in [0.1, 0.15) is 0 Å². The molecule has 1 rings (SSSR count). The van der Waals surface area contributed by atoms with E-state index in [1.807, 2.05) is 0 Å². The zero-order chi connectivity index (χ0) is 23.0. The molecule has 0 fully saturated rings. The smallest absolute Gasteiger partial charge is 0.337 e. The summed E-state index contributed by atoms with van der Waals surface area (Å²) in [5, 5.41) is 32.1. The normalized spacial score (nSPS) is 9.72.